The van der Waals surface area contributed by atoms with Crippen molar-refractivity contribution >= 4 is 10.8 Å². The first kappa shape index (κ1) is 41.7. The van der Waals surface area contributed by atoms with Crippen LogP contribution in [-0.4, -0.2) is 9.97 Å². The number of rotatable bonds is 8. The van der Waals surface area contributed by atoms with E-state index in [2.05, 4.69) is 273 Å². The summed E-state index contributed by atoms with van der Waals surface area (Å²) in [5, 5.41) is 2.31. The summed E-state index contributed by atoms with van der Waals surface area (Å²) in [4.78, 5) is 10.8. The Morgan fingerprint density at radius 1 is 0.236 bits per heavy atom. The van der Waals surface area contributed by atoms with Crippen LogP contribution in [0.25, 0.3) is 78.1 Å². The molecule has 2 aliphatic rings. The normalized spacial score (nSPS) is 13.5. The second-order valence-electron chi connectivity index (χ2n) is 19.1. The van der Waals surface area contributed by atoms with Crippen molar-refractivity contribution in [3.05, 3.63) is 324 Å². The number of nitrogens with zero attached hydrogens (tertiary/aromatic N) is 2. The van der Waals surface area contributed by atoms with Crippen LogP contribution < -0.4 is 0 Å². The Morgan fingerprint density at radius 3 is 1.28 bits per heavy atom. The van der Waals surface area contributed by atoms with Crippen molar-refractivity contribution in [1.29, 1.82) is 0 Å². The molecule has 11 aromatic carbocycles. The van der Waals surface area contributed by atoms with Crippen LogP contribution in [-0.2, 0) is 10.8 Å². The van der Waals surface area contributed by atoms with Crippen molar-refractivity contribution in [1.82, 2.24) is 9.97 Å². The molecule has 0 atom stereocenters. The minimum absolute atomic E-state index is 0.481. The zero-order chi connectivity index (χ0) is 47.6. The van der Waals surface area contributed by atoms with Crippen molar-refractivity contribution in [2.45, 2.75) is 10.8 Å². The SMILES string of the molecule is c1ccc(-c2nc(-c3ccc4c(c3)-c3ccccc3C4(c3ccccc3)c3ccccc3)cc(-c3ccc(-c4cccc5c4-c4ccccc4C5(c4ccccc4)c4ccccc4)c4ccccc34)n2)cc1. The zero-order valence-electron chi connectivity index (χ0n) is 39.5. The predicted molar refractivity (Wildman–Crippen MR) is 296 cm³/mol. The van der Waals surface area contributed by atoms with Gasteiger partial charge in [0.05, 0.1) is 22.2 Å². The van der Waals surface area contributed by atoms with E-state index in [4.69, 9.17) is 9.97 Å². The fraction of sp³-hybridized carbons (Fsp3) is 0.0286. The smallest absolute Gasteiger partial charge is 0.160 e. The van der Waals surface area contributed by atoms with Crippen LogP contribution in [0.5, 0.6) is 0 Å². The highest BCUT2D eigenvalue weighted by Gasteiger charge is 2.48. The lowest BCUT2D eigenvalue weighted by Crippen LogP contribution is -2.28. The molecule has 0 fully saturated rings. The predicted octanol–water partition coefficient (Wildman–Crippen LogP) is 17.0. The van der Waals surface area contributed by atoms with Crippen molar-refractivity contribution in [2.75, 3.05) is 0 Å². The molecule has 0 radical (unpaired) electrons. The molecule has 0 amide bonds. The summed E-state index contributed by atoms with van der Waals surface area (Å²) in [5.74, 6) is 0.690. The first-order valence-electron chi connectivity index (χ1n) is 24.9. The molecule has 12 aromatic rings. The highest BCUT2D eigenvalue weighted by atomic mass is 14.9. The first-order chi connectivity index (χ1) is 35.7. The standard InChI is InChI=1S/C70H46N2/c1-6-23-47(24-7-1)68-71-65(48-41-44-63-60(45-48)56-35-18-20-38-61(56)69(63,49-25-8-2-9-26-49)50-27-10-3-11-28-50)46-66(72-68)57-43-42-55(53-33-16-17-34-54(53)57)58-37-22-40-64-67(58)59-36-19-21-39-62(59)70(64,51-29-12-4-13-30-51)52-31-14-5-15-32-52/h1-46H. The number of benzene rings is 11. The molecule has 72 heavy (non-hydrogen) atoms. The van der Waals surface area contributed by atoms with E-state index < -0.39 is 10.8 Å². The Balaban J connectivity index is 0.961. The second-order valence-corrected chi connectivity index (χ2v) is 19.1. The molecule has 336 valence electrons. The summed E-state index contributed by atoms with van der Waals surface area (Å²) in [6.45, 7) is 0. The Kier molecular flexibility index (Phi) is 9.69. The number of hydrogen-bond acceptors (Lipinski definition) is 2. The molecule has 2 heteroatoms. The van der Waals surface area contributed by atoms with Crippen molar-refractivity contribution in [3.8, 4) is 67.3 Å². The van der Waals surface area contributed by atoms with E-state index in [1.54, 1.807) is 0 Å². The van der Waals surface area contributed by atoms with E-state index in [1.807, 2.05) is 6.07 Å². The lowest BCUT2D eigenvalue weighted by molar-refractivity contribution is 0.768. The Hall–Kier alpha value is -9.24. The van der Waals surface area contributed by atoms with Gasteiger partial charge in [-0.1, -0.05) is 267 Å². The average molecular weight is 915 g/mol. The van der Waals surface area contributed by atoms with Crippen LogP contribution in [0.1, 0.15) is 44.5 Å². The zero-order valence-corrected chi connectivity index (χ0v) is 39.5. The minimum Gasteiger partial charge on any atom is -0.228 e. The highest BCUT2D eigenvalue weighted by molar-refractivity contribution is 6.08. The van der Waals surface area contributed by atoms with Crippen LogP contribution in [0.4, 0.5) is 0 Å². The summed E-state index contributed by atoms with van der Waals surface area (Å²) >= 11 is 0. The van der Waals surface area contributed by atoms with Gasteiger partial charge in [-0.3, -0.25) is 0 Å². The van der Waals surface area contributed by atoms with E-state index in [0.717, 1.165) is 33.5 Å². The van der Waals surface area contributed by atoms with Gasteiger partial charge in [0.1, 0.15) is 0 Å². The molecular formula is C70H46N2. The van der Waals surface area contributed by atoms with Crippen molar-refractivity contribution < 1.29 is 0 Å². The van der Waals surface area contributed by atoms with Gasteiger partial charge in [0.25, 0.3) is 0 Å². The fourth-order valence-electron chi connectivity index (χ4n) is 12.5. The molecule has 2 aliphatic carbocycles. The first-order valence-corrected chi connectivity index (χ1v) is 24.9. The maximum absolute atomic E-state index is 5.43. The van der Waals surface area contributed by atoms with E-state index in [9.17, 15) is 0 Å². The molecule has 0 saturated carbocycles. The molecule has 0 saturated heterocycles. The monoisotopic (exact) mass is 914 g/mol. The van der Waals surface area contributed by atoms with Crippen LogP contribution in [0.15, 0.2) is 279 Å². The summed E-state index contributed by atoms with van der Waals surface area (Å²) < 4.78 is 0. The van der Waals surface area contributed by atoms with Gasteiger partial charge in [-0.25, -0.2) is 9.97 Å². The molecule has 0 N–H and O–H groups in total. The topological polar surface area (TPSA) is 25.8 Å². The summed E-state index contributed by atoms with van der Waals surface area (Å²) in [6.07, 6.45) is 0. The van der Waals surface area contributed by atoms with Crippen LogP contribution in [0, 0.1) is 0 Å². The lowest BCUT2D eigenvalue weighted by atomic mass is 9.67. The molecule has 1 heterocycles. The van der Waals surface area contributed by atoms with Gasteiger partial charge in [-0.2, -0.15) is 0 Å². The molecule has 1 aromatic heterocycles. The van der Waals surface area contributed by atoms with Crippen LogP contribution in [0.2, 0.25) is 0 Å². The van der Waals surface area contributed by atoms with Gasteiger partial charge in [-0.05, 0) is 101 Å². The van der Waals surface area contributed by atoms with Crippen molar-refractivity contribution in [2.24, 2.45) is 0 Å². The quantitative estimate of drug-likeness (QED) is 0.152. The largest absolute Gasteiger partial charge is 0.228 e. The van der Waals surface area contributed by atoms with Gasteiger partial charge in [0.2, 0.25) is 0 Å². The van der Waals surface area contributed by atoms with Gasteiger partial charge >= 0.3 is 0 Å². The van der Waals surface area contributed by atoms with Gasteiger partial charge < -0.3 is 0 Å². The summed E-state index contributed by atoms with van der Waals surface area (Å²) in [5.41, 5.74) is 21.4. The third kappa shape index (κ3) is 6.16. The molecule has 0 unspecified atom stereocenters. The van der Waals surface area contributed by atoms with Gasteiger partial charge in [0, 0.05) is 16.7 Å². The third-order valence-corrected chi connectivity index (χ3v) is 15.5. The second kappa shape index (κ2) is 16.7. The number of aromatic nitrogens is 2. The fourth-order valence-corrected chi connectivity index (χ4v) is 12.5. The lowest BCUT2D eigenvalue weighted by Gasteiger charge is -2.34. The number of hydrogen-bond donors (Lipinski definition) is 0. The van der Waals surface area contributed by atoms with Gasteiger partial charge in [-0.15, -0.1) is 0 Å². The third-order valence-electron chi connectivity index (χ3n) is 15.5. The van der Waals surface area contributed by atoms with Gasteiger partial charge in [0.15, 0.2) is 5.82 Å². The molecule has 0 spiro atoms. The minimum atomic E-state index is -0.490. The molecule has 0 aliphatic heterocycles. The average Bonchev–Trinajstić information content (AvgIpc) is 3.94. The maximum Gasteiger partial charge on any atom is 0.160 e. The molecule has 2 nitrogen and oxygen atoms in total. The van der Waals surface area contributed by atoms with Crippen molar-refractivity contribution in [3.63, 3.8) is 0 Å². The van der Waals surface area contributed by atoms with Crippen LogP contribution >= 0.6 is 0 Å². The summed E-state index contributed by atoms with van der Waals surface area (Å²) in [6, 6.07) is 102. The van der Waals surface area contributed by atoms with E-state index in [-0.39, 0.29) is 0 Å². The highest BCUT2D eigenvalue weighted by Crippen LogP contribution is 2.59. The molecular weight excluding hydrogens is 869 g/mol. The Labute approximate surface area is 420 Å². The van der Waals surface area contributed by atoms with Crippen LogP contribution in [0.3, 0.4) is 0 Å². The molecule has 0 bridgehead atoms. The molecule has 14 rings (SSSR count). The number of fused-ring (bicyclic) bond motifs is 7. The maximum atomic E-state index is 5.43. The Bertz CT molecular complexity index is 3940. The summed E-state index contributed by atoms with van der Waals surface area (Å²) in [7, 11) is 0. The Morgan fingerprint density at radius 2 is 0.667 bits per heavy atom. The van der Waals surface area contributed by atoms with E-state index >= 15 is 0 Å². The van der Waals surface area contributed by atoms with E-state index in [1.165, 1.54) is 83.3 Å². The van der Waals surface area contributed by atoms with E-state index in [0.29, 0.717) is 5.82 Å².